The number of nitrogens with two attached hydrogens (primary N) is 1. The predicted octanol–water partition coefficient (Wildman–Crippen LogP) is 2.84. The zero-order valence-electron chi connectivity index (χ0n) is 12.2. The van der Waals surface area contributed by atoms with E-state index < -0.39 is 0 Å². The van der Waals surface area contributed by atoms with Crippen LogP contribution in [0.1, 0.15) is 66.7 Å². The van der Waals surface area contributed by atoms with Crippen LogP contribution in [0, 0.1) is 5.41 Å². The van der Waals surface area contributed by atoms with Crippen LogP contribution in [0.4, 0.5) is 0 Å². The largest absolute Gasteiger partial charge is 0.350 e. The summed E-state index contributed by atoms with van der Waals surface area (Å²) in [4.78, 5) is 12.5. The van der Waals surface area contributed by atoms with Crippen molar-refractivity contribution in [3.63, 3.8) is 0 Å². The van der Waals surface area contributed by atoms with Crippen LogP contribution in [0.25, 0.3) is 0 Å². The molecule has 0 aromatic carbocycles. The van der Waals surface area contributed by atoms with Gasteiger partial charge >= 0.3 is 0 Å². The highest BCUT2D eigenvalue weighted by Gasteiger charge is 2.37. The summed E-state index contributed by atoms with van der Waals surface area (Å²) in [6.07, 6.45) is 4.53. The number of nitrogens with one attached hydrogen (secondary N) is 1. The molecule has 0 bridgehead atoms. The zero-order valence-corrected chi connectivity index (χ0v) is 12.2. The molecule has 0 heterocycles. The molecule has 3 N–H and O–H groups in total. The van der Waals surface area contributed by atoms with E-state index in [1.54, 1.807) is 0 Å². The van der Waals surface area contributed by atoms with E-state index in [-0.39, 0.29) is 16.9 Å². The first kappa shape index (κ1) is 16.4. The van der Waals surface area contributed by atoms with E-state index in [2.05, 4.69) is 26.1 Å². The quantitative estimate of drug-likeness (QED) is 0.687. The maximum absolute atomic E-state index is 12.5. The van der Waals surface area contributed by atoms with Crippen LogP contribution in [0.15, 0.2) is 0 Å². The number of hydrogen-bond acceptors (Lipinski definition) is 2. The highest BCUT2D eigenvalue weighted by atomic mass is 16.2. The summed E-state index contributed by atoms with van der Waals surface area (Å²) >= 11 is 0. The molecule has 0 atom stereocenters. The summed E-state index contributed by atoms with van der Waals surface area (Å²) in [5, 5.41) is 3.25. The Morgan fingerprint density at radius 2 is 1.35 bits per heavy atom. The first-order valence-electron chi connectivity index (χ1n) is 7.02. The monoisotopic (exact) mass is 242 g/mol. The fourth-order valence-electron chi connectivity index (χ4n) is 2.34. The molecule has 0 rings (SSSR count). The van der Waals surface area contributed by atoms with Crippen LogP contribution < -0.4 is 11.1 Å². The Labute approximate surface area is 107 Å². The van der Waals surface area contributed by atoms with Crippen molar-refractivity contribution < 1.29 is 4.79 Å². The Kier molecular flexibility index (Phi) is 6.76. The highest BCUT2D eigenvalue weighted by molar-refractivity contribution is 5.83. The fourth-order valence-corrected chi connectivity index (χ4v) is 2.34. The van der Waals surface area contributed by atoms with Crippen molar-refractivity contribution in [2.75, 3.05) is 6.54 Å². The third kappa shape index (κ3) is 3.44. The maximum atomic E-state index is 12.5. The van der Waals surface area contributed by atoms with Crippen LogP contribution in [0.3, 0.4) is 0 Å². The van der Waals surface area contributed by atoms with Crippen molar-refractivity contribution in [3.05, 3.63) is 0 Å². The molecule has 0 aliphatic heterocycles. The Morgan fingerprint density at radius 1 is 0.941 bits per heavy atom. The lowest BCUT2D eigenvalue weighted by Gasteiger charge is -2.37. The summed E-state index contributed by atoms with van der Waals surface area (Å²) in [5.41, 5.74) is 5.37. The number of carbonyl (C=O) groups is 1. The van der Waals surface area contributed by atoms with Gasteiger partial charge in [-0.3, -0.25) is 4.79 Å². The van der Waals surface area contributed by atoms with E-state index in [9.17, 15) is 4.79 Å². The Hall–Kier alpha value is -0.570. The van der Waals surface area contributed by atoms with Gasteiger partial charge < -0.3 is 11.1 Å². The molecule has 17 heavy (non-hydrogen) atoms. The fraction of sp³-hybridized carbons (Fsp3) is 0.929. The molecule has 0 aliphatic rings. The van der Waals surface area contributed by atoms with Crippen molar-refractivity contribution in [2.45, 2.75) is 72.3 Å². The van der Waals surface area contributed by atoms with Gasteiger partial charge in [-0.1, -0.05) is 34.6 Å². The van der Waals surface area contributed by atoms with Gasteiger partial charge in [0.25, 0.3) is 0 Å². The average molecular weight is 242 g/mol. The number of carbonyl (C=O) groups excluding carboxylic acids is 1. The van der Waals surface area contributed by atoms with E-state index >= 15 is 0 Å². The van der Waals surface area contributed by atoms with Gasteiger partial charge in [0.15, 0.2) is 0 Å². The summed E-state index contributed by atoms with van der Waals surface area (Å²) in [6, 6.07) is 0. The van der Waals surface area contributed by atoms with Gasteiger partial charge in [0, 0.05) is 12.1 Å². The number of hydrogen-bond donors (Lipinski definition) is 2. The second-order valence-electron chi connectivity index (χ2n) is 4.99. The molecule has 0 saturated carbocycles. The third-order valence-corrected chi connectivity index (χ3v) is 4.63. The average Bonchev–Trinajstić information content (AvgIpc) is 2.39. The maximum Gasteiger partial charge on any atom is 0.227 e. The molecule has 0 aromatic heterocycles. The van der Waals surface area contributed by atoms with Crippen molar-refractivity contribution in [3.8, 4) is 0 Å². The van der Waals surface area contributed by atoms with Crippen LogP contribution in [0.5, 0.6) is 0 Å². The van der Waals surface area contributed by atoms with Crippen LogP contribution in [0.2, 0.25) is 0 Å². The second kappa shape index (κ2) is 7.00. The molecule has 0 spiro atoms. The summed E-state index contributed by atoms with van der Waals surface area (Å²) < 4.78 is 0. The molecule has 0 aliphatic carbocycles. The minimum absolute atomic E-state index is 0.0537. The Bertz CT molecular complexity index is 214. The van der Waals surface area contributed by atoms with Crippen molar-refractivity contribution >= 4 is 5.91 Å². The van der Waals surface area contributed by atoms with E-state index in [1.165, 1.54) is 0 Å². The minimum Gasteiger partial charge on any atom is -0.350 e. The minimum atomic E-state index is -0.384. The van der Waals surface area contributed by atoms with E-state index in [4.69, 9.17) is 5.73 Å². The smallest absolute Gasteiger partial charge is 0.227 e. The van der Waals surface area contributed by atoms with Gasteiger partial charge in [0.05, 0.1) is 5.41 Å². The number of rotatable bonds is 8. The van der Waals surface area contributed by atoms with Crippen LogP contribution >= 0.6 is 0 Å². The van der Waals surface area contributed by atoms with Gasteiger partial charge in [-0.15, -0.1) is 0 Å². The molecule has 0 fully saturated rings. The van der Waals surface area contributed by atoms with Gasteiger partial charge in [-0.2, -0.15) is 0 Å². The van der Waals surface area contributed by atoms with Crippen LogP contribution in [-0.4, -0.2) is 18.0 Å². The van der Waals surface area contributed by atoms with E-state index in [0.717, 1.165) is 32.1 Å². The molecule has 3 nitrogen and oxygen atoms in total. The SMILES string of the molecule is CCC(CC)(CC)NC(=O)C(CC)(CC)CN. The standard InChI is InChI=1S/C14H30N2O/c1-6-13(7-2,11-15)12(17)16-14(8-3,9-4)10-5/h6-11,15H2,1-5H3,(H,16,17). The normalized spacial score (nSPS) is 12.6. The summed E-state index contributed by atoms with van der Waals surface area (Å²) in [7, 11) is 0. The third-order valence-electron chi connectivity index (χ3n) is 4.63. The van der Waals surface area contributed by atoms with E-state index in [1.807, 2.05) is 13.8 Å². The number of amides is 1. The molecule has 3 heteroatoms. The van der Waals surface area contributed by atoms with Gasteiger partial charge in [0.2, 0.25) is 5.91 Å². The molecule has 0 unspecified atom stereocenters. The Morgan fingerprint density at radius 3 is 1.59 bits per heavy atom. The molecular formula is C14H30N2O. The summed E-state index contributed by atoms with van der Waals surface area (Å²) in [5.74, 6) is 0.135. The van der Waals surface area contributed by atoms with E-state index in [0.29, 0.717) is 6.54 Å². The Balaban J connectivity index is 4.92. The second-order valence-corrected chi connectivity index (χ2v) is 4.99. The van der Waals surface area contributed by atoms with Gasteiger partial charge in [-0.05, 0) is 32.1 Å². The predicted molar refractivity (Wildman–Crippen MR) is 73.8 cm³/mol. The molecular weight excluding hydrogens is 212 g/mol. The van der Waals surface area contributed by atoms with Crippen LogP contribution in [-0.2, 0) is 4.79 Å². The van der Waals surface area contributed by atoms with Crippen molar-refractivity contribution in [2.24, 2.45) is 11.1 Å². The summed E-state index contributed by atoms with van der Waals surface area (Å²) in [6.45, 7) is 10.9. The lowest BCUT2D eigenvalue weighted by Crippen LogP contribution is -2.54. The highest BCUT2D eigenvalue weighted by Crippen LogP contribution is 2.28. The topological polar surface area (TPSA) is 55.1 Å². The van der Waals surface area contributed by atoms with Gasteiger partial charge in [0.1, 0.15) is 0 Å². The first-order chi connectivity index (χ1) is 7.99. The lowest BCUT2D eigenvalue weighted by molar-refractivity contribution is -0.133. The molecule has 102 valence electrons. The van der Waals surface area contributed by atoms with Gasteiger partial charge in [-0.25, -0.2) is 0 Å². The zero-order chi connectivity index (χ0) is 13.5. The molecule has 1 amide bonds. The lowest BCUT2D eigenvalue weighted by atomic mass is 9.79. The van der Waals surface area contributed by atoms with Crippen molar-refractivity contribution in [1.29, 1.82) is 0 Å². The molecule has 0 saturated heterocycles. The first-order valence-corrected chi connectivity index (χ1v) is 7.02. The molecule has 0 aromatic rings. The van der Waals surface area contributed by atoms with Crippen molar-refractivity contribution in [1.82, 2.24) is 5.32 Å². The molecule has 0 radical (unpaired) electrons.